The highest BCUT2D eigenvalue weighted by Gasteiger charge is 2.70. The van der Waals surface area contributed by atoms with Crippen molar-refractivity contribution >= 4 is 74.9 Å². The van der Waals surface area contributed by atoms with Crippen molar-refractivity contribution in [3.05, 3.63) is 141 Å². The van der Waals surface area contributed by atoms with Gasteiger partial charge in [0.25, 0.3) is 0 Å². The quantitative estimate of drug-likeness (QED) is 0.122. The normalized spacial score (nSPS) is 27.8. The Kier molecular flexibility index (Phi) is 10.4. The molecule has 4 aliphatic rings. The molecule has 296 valence electrons. The Balaban J connectivity index is 0.000000179. The van der Waals surface area contributed by atoms with Gasteiger partial charge in [0.15, 0.2) is 10.3 Å². The van der Waals surface area contributed by atoms with E-state index >= 15 is 0 Å². The minimum Gasteiger partial charge on any atom is -0.378 e. The molecular formula is C42H32F4N10OS2. The number of halogens is 4. The zero-order chi connectivity index (χ0) is 42.5. The predicted octanol–water partition coefficient (Wildman–Crippen LogP) is 8.56. The molecule has 2 aliphatic heterocycles. The molecule has 6 N–H and O–H groups in total. The molecule has 0 unspecified atom stereocenters. The summed E-state index contributed by atoms with van der Waals surface area (Å²) in [5, 5.41) is 9.95. The van der Waals surface area contributed by atoms with Crippen LogP contribution in [0.5, 0.6) is 0 Å². The lowest BCUT2D eigenvalue weighted by Crippen LogP contribution is -2.42. The fraction of sp³-hybridized carbons (Fsp3) is 0.238. The number of rotatable bonds is 7. The van der Waals surface area contributed by atoms with Crippen molar-refractivity contribution in [2.45, 2.75) is 47.3 Å². The number of aromatic nitrogens is 2. The second-order valence-electron chi connectivity index (χ2n) is 14.7. The summed E-state index contributed by atoms with van der Waals surface area (Å²) in [5.41, 5.74) is 17.5. The van der Waals surface area contributed by atoms with Gasteiger partial charge in [-0.25, -0.2) is 27.3 Å². The molecule has 2 saturated carbocycles. The van der Waals surface area contributed by atoms with Crippen molar-refractivity contribution in [3.63, 3.8) is 0 Å². The minimum atomic E-state index is -1.09. The molecule has 59 heavy (non-hydrogen) atoms. The van der Waals surface area contributed by atoms with Crippen LogP contribution in [0.3, 0.4) is 0 Å². The summed E-state index contributed by atoms with van der Waals surface area (Å²) in [6.45, 7) is 17.3. The van der Waals surface area contributed by atoms with Crippen LogP contribution in [0.1, 0.15) is 60.3 Å². The second kappa shape index (κ2) is 15.0. The summed E-state index contributed by atoms with van der Waals surface area (Å²) in [4.78, 5) is 35.2. The lowest BCUT2D eigenvalue weighted by Gasteiger charge is -2.33. The van der Waals surface area contributed by atoms with E-state index in [1.54, 1.807) is 13.8 Å². The third kappa shape index (κ3) is 7.42. The van der Waals surface area contributed by atoms with Gasteiger partial charge >= 0.3 is 0 Å². The van der Waals surface area contributed by atoms with E-state index < -0.39 is 49.8 Å². The number of nitriles is 1. The number of pyridine rings is 2. The third-order valence-corrected chi connectivity index (χ3v) is 13.5. The Hall–Kier alpha value is -6.48. The number of hydrogen-bond acceptors (Lipinski definition) is 10. The van der Waals surface area contributed by atoms with Gasteiger partial charge in [-0.2, -0.15) is 5.26 Å². The summed E-state index contributed by atoms with van der Waals surface area (Å²) in [6.07, 6.45) is 6.06. The van der Waals surface area contributed by atoms with Gasteiger partial charge in [0.1, 0.15) is 32.8 Å². The average Bonchev–Trinajstić information content (AvgIpc) is 4.14. The number of carbonyl (C=O) groups excluding carboxylic acids is 1. The number of amidine groups is 2. The SMILES string of the molecule is [C-]#[N+]c1ccc(/C(F)=C/c2ccc(F)c([C@@]3(C)N=C(N)S[C@@]4(C#N)C[C@H]43)c2)nc1.[C-]#[N+]c1ccc(/C(F)=C/c2ccc(F)c([C@@]3(C)N=C(N)S[C@@]4(C(N)=O)C[C@H]43)c2)nc1. The van der Waals surface area contributed by atoms with Gasteiger partial charge < -0.3 is 17.2 Å². The molecule has 4 heterocycles. The molecule has 1 amide bonds. The predicted molar refractivity (Wildman–Crippen MR) is 221 cm³/mol. The summed E-state index contributed by atoms with van der Waals surface area (Å²) in [5.74, 6) is -3.22. The first-order valence-corrected chi connectivity index (χ1v) is 19.5. The Morgan fingerprint density at radius 3 is 1.69 bits per heavy atom. The molecule has 17 heteroatoms. The number of thioether (sulfide) groups is 2. The van der Waals surface area contributed by atoms with E-state index in [0.29, 0.717) is 35.3 Å². The zero-order valence-electron chi connectivity index (χ0n) is 31.3. The summed E-state index contributed by atoms with van der Waals surface area (Å²) in [6, 6.07) is 16.5. The van der Waals surface area contributed by atoms with Crippen LogP contribution in [0.2, 0.25) is 0 Å². The number of amides is 1. The van der Waals surface area contributed by atoms with E-state index in [0.717, 1.165) is 11.8 Å². The van der Waals surface area contributed by atoms with E-state index in [2.05, 4.69) is 35.7 Å². The lowest BCUT2D eigenvalue weighted by molar-refractivity contribution is -0.118. The molecule has 6 atom stereocenters. The topological polar surface area (TPSA) is 178 Å². The van der Waals surface area contributed by atoms with Gasteiger partial charge in [-0.15, -0.1) is 0 Å². The number of carbonyl (C=O) groups is 1. The standard InChI is InChI=1S/C21H17F2N5OS.C21H15F2N5S/c1-20(17-9-21(17,18(24)29)30-19(25)28-20)13-7-11(3-5-14(13)22)8-15(23)16-6-4-12(26-2)10-27-16;1-20(18-9-21(18,11-24)29-19(25)28-20)14-7-12(3-5-15(14)22)8-16(23)17-6-4-13(26-2)10-27-17/h3-8,10,17H,9H2,1H3,(H2,24,29)(H2,25,28);3-8,10,18H,9H2,1H3,(H2,25,28)/b15-8-;16-8-/t17-,20+,21-;18-,20+,21+/m00/s1. The van der Waals surface area contributed by atoms with Crippen LogP contribution in [-0.2, 0) is 15.9 Å². The van der Waals surface area contributed by atoms with Crippen molar-refractivity contribution in [2.75, 3.05) is 0 Å². The highest BCUT2D eigenvalue weighted by Crippen LogP contribution is 2.66. The van der Waals surface area contributed by atoms with Crippen molar-refractivity contribution < 1.29 is 22.4 Å². The monoisotopic (exact) mass is 832 g/mol. The molecule has 4 aromatic rings. The maximum atomic E-state index is 14.8. The van der Waals surface area contributed by atoms with Gasteiger partial charge in [0.2, 0.25) is 17.3 Å². The maximum Gasteiger partial charge on any atom is 0.234 e. The van der Waals surface area contributed by atoms with Crippen LogP contribution in [-0.4, -0.2) is 35.7 Å². The number of hydrogen-bond donors (Lipinski definition) is 3. The third-order valence-electron chi connectivity index (χ3n) is 10.9. The number of fused-ring (bicyclic) bond motifs is 2. The molecule has 11 nitrogen and oxygen atoms in total. The smallest absolute Gasteiger partial charge is 0.234 e. The summed E-state index contributed by atoms with van der Waals surface area (Å²) in [7, 11) is 0. The van der Waals surface area contributed by atoms with Crippen LogP contribution >= 0.6 is 23.5 Å². The number of aliphatic imine (C=N–C) groups is 2. The Morgan fingerprint density at radius 1 is 0.797 bits per heavy atom. The van der Waals surface area contributed by atoms with E-state index in [1.165, 1.54) is 97.0 Å². The number of primary amides is 1. The first-order valence-electron chi connectivity index (χ1n) is 17.8. The largest absolute Gasteiger partial charge is 0.378 e. The van der Waals surface area contributed by atoms with Gasteiger partial charge in [-0.3, -0.25) is 24.7 Å². The average molecular weight is 833 g/mol. The van der Waals surface area contributed by atoms with Gasteiger partial charge in [-0.1, -0.05) is 47.8 Å². The summed E-state index contributed by atoms with van der Waals surface area (Å²) < 4.78 is 57.2. The highest BCUT2D eigenvalue weighted by atomic mass is 32.2. The minimum absolute atomic E-state index is 0.0609. The molecule has 0 bridgehead atoms. The van der Waals surface area contributed by atoms with Crippen LogP contribution in [0.15, 0.2) is 83.0 Å². The molecule has 8 rings (SSSR count). The fourth-order valence-corrected chi connectivity index (χ4v) is 10.3. The van der Waals surface area contributed by atoms with Crippen LogP contribution < -0.4 is 17.2 Å². The molecule has 2 aromatic heterocycles. The molecule has 2 aliphatic carbocycles. The van der Waals surface area contributed by atoms with Gasteiger partial charge in [-0.05, 0) is 86.4 Å². The van der Waals surface area contributed by atoms with Crippen molar-refractivity contribution in [1.82, 2.24) is 9.97 Å². The molecule has 0 radical (unpaired) electrons. The van der Waals surface area contributed by atoms with E-state index in [9.17, 15) is 27.6 Å². The lowest BCUT2D eigenvalue weighted by atomic mass is 9.84. The second-order valence-corrected chi connectivity index (χ2v) is 17.4. The molecule has 2 fully saturated rings. The maximum absolute atomic E-state index is 14.8. The van der Waals surface area contributed by atoms with Crippen LogP contribution in [0.4, 0.5) is 28.9 Å². The van der Waals surface area contributed by atoms with Crippen LogP contribution in [0, 0.1) is 47.9 Å². The van der Waals surface area contributed by atoms with E-state index in [-0.39, 0.29) is 44.7 Å². The van der Waals surface area contributed by atoms with Gasteiger partial charge in [0, 0.05) is 35.4 Å². The van der Waals surface area contributed by atoms with Crippen molar-refractivity contribution in [3.8, 4) is 6.07 Å². The fourth-order valence-electron chi connectivity index (χ4n) is 7.69. The van der Waals surface area contributed by atoms with Crippen molar-refractivity contribution in [2.24, 2.45) is 39.0 Å². The molecule has 0 spiro atoms. The molecular weight excluding hydrogens is 801 g/mol. The van der Waals surface area contributed by atoms with E-state index in [1.807, 2.05) is 0 Å². The number of benzene rings is 2. The first-order chi connectivity index (χ1) is 28.0. The molecule has 2 aromatic carbocycles. The zero-order valence-corrected chi connectivity index (χ0v) is 32.9. The summed E-state index contributed by atoms with van der Waals surface area (Å²) >= 11 is 2.34. The Morgan fingerprint density at radius 2 is 1.27 bits per heavy atom. The Labute approximate surface area is 344 Å². The first kappa shape index (κ1) is 40.7. The van der Waals surface area contributed by atoms with E-state index in [4.69, 9.17) is 30.3 Å². The molecule has 0 saturated heterocycles. The Bertz CT molecular complexity index is 2670. The number of nitrogens with zero attached hydrogens (tertiary/aromatic N) is 7. The highest BCUT2D eigenvalue weighted by molar-refractivity contribution is 8.16. The van der Waals surface area contributed by atoms with Crippen LogP contribution in [0.25, 0.3) is 33.5 Å². The number of nitrogens with two attached hydrogens (primary N) is 3. The van der Waals surface area contributed by atoms with Crippen molar-refractivity contribution in [1.29, 1.82) is 5.26 Å². The van der Waals surface area contributed by atoms with Gasteiger partial charge in [0.05, 0.1) is 41.7 Å².